The van der Waals surface area contributed by atoms with E-state index in [9.17, 15) is 9.59 Å². The van der Waals surface area contributed by atoms with Crippen molar-refractivity contribution in [2.45, 2.75) is 32.7 Å². The van der Waals surface area contributed by atoms with Crippen LogP contribution in [0.5, 0.6) is 0 Å². The highest BCUT2D eigenvalue weighted by Crippen LogP contribution is 2.26. The number of benzene rings is 1. The van der Waals surface area contributed by atoms with E-state index in [4.69, 9.17) is 23.2 Å². The molecule has 0 unspecified atom stereocenters. The molecule has 1 fully saturated rings. The van der Waals surface area contributed by atoms with Gasteiger partial charge in [0.1, 0.15) is 6.04 Å². The van der Waals surface area contributed by atoms with Crippen LogP contribution in [0.1, 0.15) is 34.6 Å². The quantitative estimate of drug-likeness (QED) is 0.759. The van der Waals surface area contributed by atoms with Gasteiger partial charge in [0.2, 0.25) is 5.95 Å². The lowest BCUT2D eigenvalue weighted by Gasteiger charge is -2.24. The molecule has 0 radical (unpaired) electrons. The van der Waals surface area contributed by atoms with E-state index in [0.29, 0.717) is 34.5 Å². The Morgan fingerprint density at radius 1 is 1.11 bits per heavy atom. The van der Waals surface area contributed by atoms with Gasteiger partial charge < -0.3 is 4.90 Å². The van der Waals surface area contributed by atoms with E-state index < -0.39 is 6.04 Å². The van der Waals surface area contributed by atoms with Crippen molar-refractivity contribution in [1.82, 2.24) is 20.3 Å². The van der Waals surface area contributed by atoms with E-state index in [1.165, 1.54) is 6.07 Å². The number of aryl methyl sites for hydroxylation is 2. The number of aromatic nitrogens is 2. The van der Waals surface area contributed by atoms with E-state index in [1.807, 2.05) is 19.9 Å². The summed E-state index contributed by atoms with van der Waals surface area (Å²) in [7, 11) is 0. The maximum atomic E-state index is 12.8. The number of nitrogens with zero attached hydrogens (tertiary/aromatic N) is 3. The molecule has 1 aromatic heterocycles. The molecule has 0 saturated carbocycles. The van der Waals surface area contributed by atoms with Gasteiger partial charge in [-0.15, -0.1) is 0 Å². The molecule has 0 bridgehead atoms. The predicted molar refractivity (Wildman–Crippen MR) is 104 cm³/mol. The Morgan fingerprint density at radius 2 is 1.81 bits per heavy atom. The Morgan fingerprint density at radius 3 is 2.48 bits per heavy atom. The number of likely N-dealkylation sites (tertiary alicyclic amines) is 1. The van der Waals surface area contributed by atoms with Gasteiger partial charge in [0.25, 0.3) is 11.8 Å². The molecular weight excluding hydrogens is 389 g/mol. The molecule has 7 nitrogen and oxygen atoms in total. The molecule has 27 heavy (non-hydrogen) atoms. The second-order valence-corrected chi connectivity index (χ2v) is 7.19. The number of hydrazine groups is 1. The third-order valence-corrected chi connectivity index (χ3v) is 5.00. The summed E-state index contributed by atoms with van der Waals surface area (Å²) in [5.74, 6) is -0.265. The average Bonchev–Trinajstić information content (AvgIpc) is 3.10. The average molecular weight is 408 g/mol. The van der Waals surface area contributed by atoms with Crippen LogP contribution < -0.4 is 10.9 Å². The van der Waals surface area contributed by atoms with Crippen LogP contribution in [0.2, 0.25) is 10.0 Å². The van der Waals surface area contributed by atoms with Crippen molar-refractivity contribution in [3.8, 4) is 0 Å². The molecule has 1 aromatic carbocycles. The van der Waals surface area contributed by atoms with Gasteiger partial charge in [-0.25, -0.2) is 9.97 Å². The van der Waals surface area contributed by atoms with Gasteiger partial charge in [-0.05, 0) is 51.0 Å². The largest absolute Gasteiger partial charge is 0.327 e. The van der Waals surface area contributed by atoms with Crippen molar-refractivity contribution in [1.29, 1.82) is 0 Å². The highest BCUT2D eigenvalue weighted by Gasteiger charge is 2.34. The van der Waals surface area contributed by atoms with Crippen molar-refractivity contribution in [3.05, 3.63) is 51.3 Å². The zero-order valence-electron chi connectivity index (χ0n) is 14.9. The Balaban J connectivity index is 1.68. The predicted octanol–water partition coefficient (Wildman–Crippen LogP) is 3.15. The maximum absolute atomic E-state index is 12.8. The Labute approximate surface area is 167 Å². The molecule has 3 rings (SSSR count). The summed E-state index contributed by atoms with van der Waals surface area (Å²) in [5.41, 5.74) is 7.29. The second-order valence-electron chi connectivity index (χ2n) is 6.37. The van der Waals surface area contributed by atoms with Crippen LogP contribution in [0, 0.1) is 13.8 Å². The van der Waals surface area contributed by atoms with Gasteiger partial charge in [-0.3, -0.25) is 20.4 Å². The van der Waals surface area contributed by atoms with Gasteiger partial charge in [-0.1, -0.05) is 23.2 Å². The fraction of sp³-hybridized carbons (Fsp3) is 0.333. The maximum Gasteiger partial charge on any atom is 0.261 e. The number of nitrogens with one attached hydrogen (secondary N) is 2. The van der Waals surface area contributed by atoms with E-state index in [1.54, 1.807) is 17.0 Å². The summed E-state index contributed by atoms with van der Waals surface area (Å²) < 4.78 is 0. The molecule has 142 valence electrons. The van der Waals surface area contributed by atoms with Gasteiger partial charge in [0.05, 0.1) is 10.0 Å². The molecule has 2 heterocycles. The second kappa shape index (κ2) is 8.10. The summed E-state index contributed by atoms with van der Waals surface area (Å²) in [6.45, 7) is 4.18. The van der Waals surface area contributed by atoms with Crippen LogP contribution >= 0.6 is 23.2 Å². The number of carbonyl (C=O) groups excluding carboxylic acids is 2. The smallest absolute Gasteiger partial charge is 0.261 e. The minimum atomic E-state index is -0.578. The van der Waals surface area contributed by atoms with Crippen molar-refractivity contribution in [3.63, 3.8) is 0 Å². The zero-order chi connectivity index (χ0) is 19.6. The topological polar surface area (TPSA) is 87.2 Å². The van der Waals surface area contributed by atoms with Crippen molar-refractivity contribution < 1.29 is 9.59 Å². The van der Waals surface area contributed by atoms with Gasteiger partial charge >= 0.3 is 0 Å². The highest BCUT2D eigenvalue weighted by atomic mass is 35.5. The van der Waals surface area contributed by atoms with Crippen molar-refractivity contribution >= 4 is 41.0 Å². The number of amides is 2. The van der Waals surface area contributed by atoms with Crippen LogP contribution in [0.15, 0.2) is 24.3 Å². The summed E-state index contributed by atoms with van der Waals surface area (Å²) in [5, 5.41) is 0.679. The molecule has 2 aromatic rings. The van der Waals surface area contributed by atoms with Crippen LogP contribution in [-0.4, -0.2) is 39.3 Å². The van der Waals surface area contributed by atoms with E-state index in [-0.39, 0.29) is 11.8 Å². The minimum Gasteiger partial charge on any atom is -0.327 e. The summed E-state index contributed by atoms with van der Waals surface area (Å²) >= 11 is 11.9. The van der Waals surface area contributed by atoms with E-state index in [2.05, 4.69) is 20.8 Å². The van der Waals surface area contributed by atoms with Crippen LogP contribution in [0.25, 0.3) is 0 Å². The summed E-state index contributed by atoms with van der Waals surface area (Å²) in [4.78, 5) is 35.3. The number of anilines is 1. The first kappa shape index (κ1) is 19.4. The Hall–Kier alpha value is -2.38. The van der Waals surface area contributed by atoms with Crippen LogP contribution in [0.3, 0.4) is 0 Å². The minimum absolute atomic E-state index is 0.256. The van der Waals surface area contributed by atoms with E-state index >= 15 is 0 Å². The van der Waals surface area contributed by atoms with Crippen molar-refractivity contribution in [2.24, 2.45) is 0 Å². The number of halogens is 2. The van der Waals surface area contributed by atoms with Gasteiger partial charge in [0, 0.05) is 23.5 Å². The molecule has 2 amide bonds. The SMILES string of the molecule is Cc1cc(C)nc(NNC(=O)[C@@H]2CCCN2C(=O)c2ccc(Cl)c(Cl)c2)n1. The Bertz CT molecular complexity index is 870. The number of carbonyl (C=O) groups is 2. The van der Waals surface area contributed by atoms with Crippen LogP contribution in [0.4, 0.5) is 5.95 Å². The standard InChI is InChI=1S/C18H19Cl2N5O2/c1-10-8-11(2)22-18(21-10)24-23-16(26)15-4-3-7-25(15)17(27)12-5-6-13(19)14(20)9-12/h5-6,8-9,15H,3-4,7H2,1-2H3,(H,23,26)(H,21,22,24)/t15-/m0/s1. The van der Waals surface area contributed by atoms with Crippen molar-refractivity contribution in [2.75, 3.05) is 12.0 Å². The number of rotatable bonds is 4. The highest BCUT2D eigenvalue weighted by molar-refractivity contribution is 6.42. The van der Waals surface area contributed by atoms with E-state index in [0.717, 1.165) is 17.8 Å². The zero-order valence-corrected chi connectivity index (χ0v) is 16.4. The molecule has 9 heteroatoms. The lowest BCUT2D eigenvalue weighted by Crippen LogP contribution is -2.47. The lowest BCUT2D eigenvalue weighted by molar-refractivity contribution is -0.124. The molecular formula is C18H19Cl2N5O2. The molecule has 0 aliphatic carbocycles. The molecule has 1 atom stereocenters. The number of hydrogen-bond acceptors (Lipinski definition) is 5. The normalized spacial score (nSPS) is 16.3. The van der Waals surface area contributed by atoms with Gasteiger partial charge in [-0.2, -0.15) is 0 Å². The van der Waals surface area contributed by atoms with Crippen LogP contribution in [-0.2, 0) is 4.79 Å². The third-order valence-electron chi connectivity index (χ3n) is 4.26. The first-order chi connectivity index (χ1) is 12.8. The molecule has 1 saturated heterocycles. The monoisotopic (exact) mass is 407 g/mol. The summed E-state index contributed by atoms with van der Waals surface area (Å²) in [6, 6.07) is 5.94. The summed E-state index contributed by atoms with van der Waals surface area (Å²) in [6.07, 6.45) is 1.32. The number of hydrogen-bond donors (Lipinski definition) is 2. The molecule has 1 aliphatic heterocycles. The lowest BCUT2D eigenvalue weighted by atomic mass is 10.1. The molecule has 2 N–H and O–H groups in total. The third kappa shape index (κ3) is 4.48. The Kier molecular flexibility index (Phi) is 5.82. The van der Waals surface area contributed by atoms with Gasteiger partial charge in [0.15, 0.2) is 0 Å². The molecule has 0 spiro atoms. The fourth-order valence-corrected chi connectivity index (χ4v) is 3.36. The molecule has 1 aliphatic rings. The fourth-order valence-electron chi connectivity index (χ4n) is 3.06. The first-order valence-electron chi connectivity index (χ1n) is 8.49. The first-order valence-corrected chi connectivity index (χ1v) is 9.25.